The maximum atomic E-state index is 12.5. The van der Waals surface area contributed by atoms with Crippen LogP contribution >= 0.6 is 0 Å². The molecular formula is C30H26N3O4S+. The molecule has 4 aromatic carbocycles. The smallest absolute Gasteiger partial charge is 0.217 e. The standard InChI is InChI=1S/C30H25N3O4S/c1-31-15-6-16-32-19-7-3-9-21-27(19)30-28-20(32)8-4-11-25(28)37-26-12-5-10-22(29(26)30)33(21)23-17-18(38(2,35)36)13-14-24(23)34/h3-5,7-14,17,31H,6,15-16H2,1-2H3/p+1. The number of rotatable bonds is 6. The Kier molecular flexibility index (Phi) is 4.95. The molecule has 0 amide bonds. The zero-order valence-electron chi connectivity index (χ0n) is 21.0. The first-order valence-electron chi connectivity index (χ1n) is 12.6. The lowest BCUT2D eigenvalue weighted by Crippen LogP contribution is -2.37. The summed E-state index contributed by atoms with van der Waals surface area (Å²) in [5.41, 5.74) is 7.88. The Bertz CT molecular complexity index is 2090. The minimum Gasteiger partial charge on any atom is -0.506 e. The number of hydrogen-bond acceptors (Lipinski definition) is 5. The van der Waals surface area contributed by atoms with E-state index in [1.165, 1.54) is 18.4 Å². The summed E-state index contributed by atoms with van der Waals surface area (Å²) in [6, 6.07) is 22.7. The molecule has 0 bridgehead atoms. The van der Waals surface area contributed by atoms with E-state index in [0.29, 0.717) is 5.69 Å². The molecule has 0 unspecified atom stereocenters. The second kappa shape index (κ2) is 8.18. The van der Waals surface area contributed by atoms with Gasteiger partial charge in [0.05, 0.1) is 38.0 Å². The number of benzene rings is 4. The first-order valence-corrected chi connectivity index (χ1v) is 14.5. The Morgan fingerprint density at radius 1 is 0.895 bits per heavy atom. The molecule has 0 aliphatic carbocycles. The molecule has 0 fully saturated rings. The second-order valence-corrected chi connectivity index (χ2v) is 11.8. The minimum absolute atomic E-state index is 0.00411. The van der Waals surface area contributed by atoms with Crippen molar-refractivity contribution < 1.29 is 22.5 Å². The van der Waals surface area contributed by atoms with E-state index < -0.39 is 9.84 Å². The van der Waals surface area contributed by atoms with Gasteiger partial charge in [0.1, 0.15) is 16.9 Å². The molecule has 7 rings (SSSR count). The van der Waals surface area contributed by atoms with Gasteiger partial charge in [0.15, 0.2) is 16.4 Å². The van der Waals surface area contributed by atoms with Gasteiger partial charge in [0.2, 0.25) is 11.0 Å². The number of aryl methyl sites for hydroxylation is 1. The molecule has 1 aromatic heterocycles. The molecule has 2 N–H and O–H groups in total. The van der Waals surface area contributed by atoms with E-state index in [2.05, 4.69) is 22.0 Å². The molecule has 0 radical (unpaired) electrons. The summed E-state index contributed by atoms with van der Waals surface area (Å²) in [6.07, 6.45) is 2.12. The fourth-order valence-electron chi connectivity index (χ4n) is 5.90. The van der Waals surface area contributed by atoms with Crippen molar-refractivity contribution in [2.24, 2.45) is 0 Å². The van der Waals surface area contributed by atoms with Gasteiger partial charge in [-0.2, -0.15) is 4.57 Å². The lowest BCUT2D eigenvalue weighted by Gasteiger charge is -2.25. The molecule has 0 spiro atoms. The zero-order valence-corrected chi connectivity index (χ0v) is 21.8. The summed E-state index contributed by atoms with van der Waals surface area (Å²) < 4.78 is 35.7. The number of pyridine rings is 2. The molecule has 2 aliphatic heterocycles. The van der Waals surface area contributed by atoms with E-state index in [0.717, 1.165) is 74.6 Å². The first-order chi connectivity index (χ1) is 18.4. The van der Waals surface area contributed by atoms with Gasteiger partial charge in [-0.05, 0) is 49.5 Å². The van der Waals surface area contributed by atoms with E-state index in [9.17, 15) is 13.5 Å². The van der Waals surface area contributed by atoms with Gasteiger partial charge in [0, 0.05) is 36.9 Å². The highest BCUT2D eigenvalue weighted by Crippen LogP contribution is 2.48. The molecule has 0 saturated carbocycles. The largest absolute Gasteiger partial charge is 0.506 e. The van der Waals surface area contributed by atoms with Crippen molar-refractivity contribution >= 4 is 53.8 Å². The van der Waals surface area contributed by atoms with Crippen molar-refractivity contribution in [1.29, 1.82) is 0 Å². The van der Waals surface area contributed by atoms with Gasteiger partial charge in [-0.1, -0.05) is 18.2 Å². The summed E-state index contributed by atoms with van der Waals surface area (Å²) in [5.74, 6) is -0.00411. The van der Waals surface area contributed by atoms with Crippen molar-refractivity contribution in [3.63, 3.8) is 0 Å². The second-order valence-electron chi connectivity index (χ2n) is 9.82. The highest BCUT2D eigenvalue weighted by molar-refractivity contribution is 7.90. The molecule has 38 heavy (non-hydrogen) atoms. The first kappa shape index (κ1) is 23.0. The number of aromatic hydroxyl groups is 1. The van der Waals surface area contributed by atoms with Crippen LogP contribution in [0.5, 0.6) is 5.75 Å². The summed E-state index contributed by atoms with van der Waals surface area (Å²) in [5, 5.41) is 16.4. The van der Waals surface area contributed by atoms with Crippen LogP contribution in [0, 0.1) is 0 Å². The quantitative estimate of drug-likeness (QED) is 0.135. The third-order valence-corrected chi connectivity index (χ3v) is 8.60. The monoisotopic (exact) mass is 524 g/mol. The topological polar surface area (TPSA) is 88.4 Å². The summed E-state index contributed by atoms with van der Waals surface area (Å²) >= 11 is 0. The van der Waals surface area contributed by atoms with E-state index in [1.807, 2.05) is 54.1 Å². The number of hydrogen-bond donors (Lipinski definition) is 2. The summed E-state index contributed by atoms with van der Waals surface area (Å²) in [7, 11) is -1.53. The number of nitrogens with zero attached hydrogens (tertiary/aromatic N) is 2. The van der Waals surface area contributed by atoms with Crippen molar-refractivity contribution in [3.05, 3.63) is 72.8 Å². The van der Waals surface area contributed by atoms with Crippen LogP contribution in [0.4, 0.5) is 0 Å². The Hall–Kier alpha value is -4.14. The van der Waals surface area contributed by atoms with Crippen LogP contribution in [0.15, 0.2) is 82.1 Å². The van der Waals surface area contributed by atoms with Crippen molar-refractivity contribution in [1.82, 2.24) is 9.88 Å². The van der Waals surface area contributed by atoms with Crippen molar-refractivity contribution in [3.8, 4) is 22.6 Å². The van der Waals surface area contributed by atoms with Crippen LogP contribution in [0.2, 0.25) is 0 Å². The Labute approximate surface area is 219 Å². The molecule has 7 nitrogen and oxygen atoms in total. The predicted octanol–water partition coefficient (Wildman–Crippen LogP) is 5.23. The SMILES string of the molecule is CNCCC[n+]1c2cccc3oc4cccc5c4-c(c32)c2c(cccc21)n5-c1cc(S(C)(=O)=O)ccc1O. The summed E-state index contributed by atoms with van der Waals surface area (Å²) in [6.45, 7) is 1.70. The van der Waals surface area contributed by atoms with Gasteiger partial charge < -0.3 is 19.4 Å². The highest BCUT2D eigenvalue weighted by Gasteiger charge is 2.31. The van der Waals surface area contributed by atoms with Crippen LogP contribution in [-0.2, 0) is 16.4 Å². The van der Waals surface area contributed by atoms with Gasteiger partial charge in [0.25, 0.3) is 0 Å². The van der Waals surface area contributed by atoms with Crippen LogP contribution < -0.4 is 9.88 Å². The fourth-order valence-corrected chi connectivity index (χ4v) is 6.54. The van der Waals surface area contributed by atoms with Crippen LogP contribution in [-0.4, -0.2) is 37.9 Å². The molecule has 190 valence electrons. The fraction of sp³-hybridized carbons (Fsp3) is 0.167. The average Bonchev–Trinajstić information content (AvgIpc) is 2.90. The third-order valence-electron chi connectivity index (χ3n) is 7.49. The minimum atomic E-state index is -3.49. The van der Waals surface area contributed by atoms with E-state index in [1.54, 1.807) is 6.07 Å². The number of phenols is 1. The highest BCUT2D eigenvalue weighted by atomic mass is 32.2. The molecule has 0 atom stereocenters. The molecule has 5 aromatic rings. The van der Waals surface area contributed by atoms with Crippen LogP contribution in [0.1, 0.15) is 6.42 Å². The normalized spacial score (nSPS) is 12.7. The molecule has 3 heterocycles. The molecule has 8 heteroatoms. The molecule has 0 saturated heterocycles. The maximum absolute atomic E-state index is 12.5. The van der Waals surface area contributed by atoms with Crippen molar-refractivity contribution in [2.75, 3.05) is 19.8 Å². The van der Waals surface area contributed by atoms with Gasteiger partial charge >= 0.3 is 0 Å². The molecular weight excluding hydrogens is 498 g/mol. The van der Waals surface area contributed by atoms with Gasteiger partial charge in [-0.15, -0.1) is 0 Å². The maximum Gasteiger partial charge on any atom is 0.217 e. The Balaban J connectivity index is 1.73. The van der Waals surface area contributed by atoms with E-state index >= 15 is 0 Å². The Morgan fingerprint density at radius 3 is 2.39 bits per heavy atom. The van der Waals surface area contributed by atoms with Gasteiger partial charge in [-0.3, -0.25) is 0 Å². The van der Waals surface area contributed by atoms with E-state index in [4.69, 9.17) is 4.42 Å². The van der Waals surface area contributed by atoms with E-state index in [-0.39, 0.29) is 10.6 Å². The summed E-state index contributed by atoms with van der Waals surface area (Å²) in [4.78, 5) is 0.146. The number of aromatic nitrogens is 2. The van der Waals surface area contributed by atoms with Crippen molar-refractivity contribution in [2.45, 2.75) is 17.9 Å². The Morgan fingerprint density at radius 2 is 1.61 bits per heavy atom. The number of sulfone groups is 1. The lowest BCUT2D eigenvalue weighted by molar-refractivity contribution is -0.645. The van der Waals surface area contributed by atoms with Gasteiger partial charge in [-0.25, -0.2) is 8.42 Å². The number of nitrogens with one attached hydrogen (secondary N) is 1. The number of phenolic OH excluding ortho intramolecular Hbond substituents is 1. The molecule has 2 aliphatic rings. The lowest BCUT2D eigenvalue weighted by atomic mass is 9.90. The predicted molar refractivity (Wildman–Crippen MR) is 149 cm³/mol. The van der Waals surface area contributed by atoms with Crippen LogP contribution in [0.25, 0.3) is 60.8 Å². The zero-order chi connectivity index (χ0) is 26.2. The van der Waals surface area contributed by atoms with Crippen LogP contribution in [0.3, 0.4) is 0 Å². The average molecular weight is 525 g/mol. The third kappa shape index (κ3) is 3.17.